The molecule has 2 amide bonds. The van der Waals surface area contributed by atoms with Crippen LogP contribution in [0.5, 0.6) is 0 Å². The smallest absolute Gasteiger partial charge is 0.321 e. The first-order valence-electron chi connectivity index (χ1n) is 6.36. The number of carbonyl (C=O) groups is 1. The number of amides is 2. The molecule has 0 radical (unpaired) electrons. The molecule has 0 aliphatic rings. The quantitative estimate of drug-likeness (QED) is 0.755. The lowest BCUT2D eigenvalue weighted by molar-refractivity contribution is 0.130. The third kappa shape index (κ3) is 4.46. The zero-order valence-electron chi connectivity index (χ0n) is 11.5. The zero-order valence-corrected chi connectivity index (χ0v) is 12.3. The maximum absolute atomic E-state index is 12.3. The van der Waals surface area contributed by atoms with E-state index in [-0.39, 0.29) is 17.6 Å². The van der Waals surface area contributed by atoms with Crippen molar-refractivity contribution in [3.8, 4) is 0 Å². The summed E-state index contributed by atoms with van der Waals surface area (Å²) in [5.74, 6) is 0.403. The number of halogens is 2. The van der Waals surface area contributed by atoms with E-state index < -0.39 is 23.6 Å². The highest BCUT2D eigenvalue weighted by Crippen LogP contribution is 2.25. The van der Waals surface area contributed by atoms with E-state index in [0.717, 1.165) is 0 Å². The minimum atomic E-state index is -2.72. The van der Waals surface area contributed by atoms with E-state index >= 15 is 0 Å². The van der Waals surface area contributed by atoms with E-state index in [1.165, 1.54) is 6.26 Å². The molecule has 0 aliphatic heterocycles. The fraction of sp³-hybridized carbons (Fsp3) is 0.417. The topological polar surface area (TPSA) is 100 Å². The first-order chi connectivity index (χ1) is 10.5. The Hall–Kier alpha value is -2.07. The van der Waals surface area contributed by atoms with Crippen molar-refractivity contribution < 1.29 is 23.1 Å². The van der Waals surface area contributed by atoms with E-state index in [1.807, 2.05) is 0 Å². The molecule has 0 bridgehead atoms. The molecule has 2 rings (SSSR count). The number of carbonyl (C=O) groups excluding carboxylic acids is 1. The minimum Gasteiger partial charge on any atom is -0.467 e. The van der Waals surface area contributed by atoms with Crippen molar-refractivity contribution in [2.75, 3.05) is 5.32 Å². The Balaban J connectivity index is 1.80. The van der Waals surface area contributed by atoms with Gasteiger partial charge in [-0.3, -0.25) is 5.32 Å². The lowest BCUT2D eigenvalue weighted by atomic mass is 10.1. The second-order valence-corrected chi connectivity index (χ2v) is 5.52. The molecule has 0 aromatic carbocycles. The number of nitrogens with zero attached hydrogens (tertiary/aromatic N) is 2. The lowest BCUT2D eigenvalue weighted by Crippen LogP contribution is -2.37. The minimum absolute atomic E-state index is 0.0217. The van der Waals surface area contributed by atoms with Gasteiger partial charge < -0.3 is 14.8 Å². The van der Waals surface area contributed by atoms with Gasteiger partial charge in [-0.2, -0.15) is 0 Å². The van der Waals surface area contributed by atoms with Crippen LogP contribution < -0.4 is 10.6 Å². The molecule has 2 aromatic heterocycles. The van der Waals surface area contributed by atoms with Gasteiger partial charge >= 0.3 is 6.03 Å². The van der Waals surface area contributed by atoms with E-state index in [2.05, 4.69) is 20.8 Å². The summed E-state index contributed by atoms with van der Waals surface area (Å²) in [6.45, 7) is 1.69. The molecule has 0 saturated carbocycles. The van der Waals surface area contributed by atoms with E-state index in [4.69, 9.17) is 4.42 Å². The highest BCUT2D eigenvalue weighted by Gasteiger charge is 2.18. The first kappa shape index (κ1) is 16.3. The molecule has 0 spiro atoms. The Morgan fingerprint density at radius 2 is 2.27 bits per heavy atom. The molecule has 0 aliphatic carbocycles. The van der Waals surface area contributed by atoms with Crippen molar-refractivity contribution in [1.82, 2.24) is 15.5 Å². The van der Waals surface area contributed by atoms with Crippen LogP contribution in [-0.2, 0) is 0 Å². The van der Waals surface area contributed by atoms with Crippen molar-refractivity contribution in [3.05, 3.63) is 29.2 Å². The highest BCUT2D eigenvalue weighted by molar-refractivity contribution is 7.15. The maximum atomic E-state index is 12.3. The molecule has 0 saturated heterocycles. The van der Waals surface area contributed by atoms with Gasteiger partial charge in [0.1, 0.15) is 11.9 Å². The van der Waals surface area contributed by atoms with Crippen LogP contribution in [0.2, 0.25) is 0 Å². The number of aliphatic hydroxyl groups excluding tert-OH is 1. The summed E-state index contributed by atoms with van der Waals surface area (Å²) in [7, 11) is 0. The predicted octanol–water partition coefficient (Wildman–Crippen LogP) is 2.70. The van der Waals surface area contributed by atoms with Gasteiger partial charge in [-0.05, 0) is 19.1 Å². The third-order valence-electron chi connectivity index (χ3n) is 2.67. The molecule has 120 valence electrons. The molecular formula is C12H14F2N4O3S. The number of aromatic nitrogens is 2. The van der Waals surface area contributed by atoms with Crippen LogP contribution in [0, 0.1) is 0 Å². The third-order valence-corrected chi connectivity index (χ3v) is 3.52. The second-order valence-electron chi connectivity index (χ2n) is 4.51. The number of urea groups is 1. The Kier molecular flexibility index (Phi) is 5.39. The maximum Gasteiger partial charge on any atom is 0.321 e. The van der Waals surface area contributed by atoms with Gasteiger partial charge in [0.05, 0.1) is 6.26 Å². The number of hydrogen-bond acceptors (Lipinski definition) is 6. The zero-order chi connectivity index (χ0) is 16.1. The second kappa shape index (κ2) is 7.27. The number of alkyl halides is 2. The molecule has 22 heavy (non-hydrogen) atoms. The van der Waals surface area contributed by atoms with Crippen LogP contribution in [0.15, 0.2) is 22.8 Å². The predicted molar refractivity (Wildman–Crippen MR) is 74.8 cm³/mol. The van der Waals surface area contributed by atoms with Gasteiger partial charge in [-0.1, -0.05) is 11.3 Å². The van der Waals surface area contributed by atoms with Gasteiger partial charge in [0, 0.05) is 12.5 Å². The summed E-state index contributed by atoms with van der Waals surface area (Å²) in [5.41, 5.74) is 0. The summed E-state index contributed by atoms with van der Waals surface area (Å²) in [6, 6.07) is 2.29. The summed E-state index contributed by atoms with van der Waals surface area (Å²) >= 11 is 0.600. The number of furan rings is 1. The molecule has 10 heteroatoms. The summed E-state index contributed by atoms with van der Waals surface area (Å²) in [6.07, 6.45) is -1.89. The van der Waals surface area contributed by atoms with Crippen molar-refractivity contribution >= 4 is 22.5 Å². The molecular weight excluding hydrogens is 318 g/mol. The van der Waals surface area contributed by atoms with E-state index in [9.17, 15) is 18.7 Å². The van der Waals surface area contributed by atoms with Crippen molar-refractivity contribution in [2.45, 2.75) is 31.9 Å². The molecule has 2 aromatic rings. The molecule has 2 unspecified atom stereocenters. The number of anilines is 1. The monoisotopic (exact) mass is 332 g/mol. The van der Waals surface area contributed by atoms with Crippen LogP contribution in [0.4, 0.5) is 18.7 Å². The fourth-order valence-corrected chi connectivity index (χ4v) is 2.32. The van der Waals surface area contributed by atoms with Gasteiger partial charge in [0.25, 0.3) is 6.43 Å². The van der Waals surface area contributed by atoms with Gasteiger partial charge in [-0.15, -0.1) is 10.2 Å². The average Bonchev–Trinajstić information content (AvgIpc) is 3.08. The Morgan fingerprint density at radius 1 is 1.50 bits per heavy atom. The van der Waals surface area contributed by atoms with Crippen LogP contribution >= 0.6 is 11.3 Å². The summed E-state index contributed by atoms with van der Waals surface area (Å²) < 4.78 is 29.8. The standard InChI is InChI=1S/C12H14F2N4O3S/c1-6(5-7(19)8-3-2-4-21-8)15-11(20)16-12-18-17-10(22-12)9(13)14/h2-4,6-7,9,19H,5H2,1H3,(H2,15,16,18,20). The average molecular weight is 332 g/mol. The van der Waals surface area contributed by atoms with Crippen LogP contribution in [0.3, 0.4) is 0 Å². The van der Waals surface area contributed by atoms with Gasteiger partial charge in [0.2, 0.25) is 5.13 Å². The van der Waals surface area contributed by atoms with Gasteiger partial charge in [-0.25, -0.2) is 13.6 Å². The first-order valence-corrected chi connectivity index (χ1v) is 7.18. The fourth-order valence-electron chi connectivity index (χ4n) is 1.72. The number of aliphatic hydroxyl groups is 1. The van der Waals surface area contributed by atoms with Crippen LogP contribution in [-0.4, -0.2) is 27.4 Å². The Morgan fingerprint density at radius 3 is 2.86 bits per heavy atom. The SMILES string of the molecule is CC(CC(O)c1ccco1)NC(=O)Nc1nnc(C(F)F)s1. The van der Waals surface area contributed by atoms with Crippen molar-refractivity contribution in [2.24, 2.45) is 0 Å². The molecule has 2 heterocycles. The lowest BCUT2D eigenvalue weighted by Gasteiger charge is -2.16. The van der Waals surface area contributed by atoms with Crippen molar-refractivity contribution in [1.29, 1.82) is 0 Å². The Labute approximate surface area is 128 Å². The molecule has 7 nitrogen and oxygen atoms in total. The normalized spacial score (nSPS) is 13.9. The van der Waals surface area contributed by atoms with E-state index in [1.54, 1.807) is 19.1 Å². The number of rotatable bonds is 6. The molecule has 3 N–H and O–H groups in total. The Bertz CT molecular complexity index is 605. The summed E-state index contributed by atoms with van der Waals surface area (Å²) in [5, 5.41) is 21.0. The van der Waals surface area contributed by atoms with Crippen LogP contribution in [0.1, 0.15) is 36.6 Å². The largest absolute Gasteiger partial charge is 0.467 e. The van der Waals surface area contributed by atoms with Crippen molar-refractivity contribution in [3.63, 3.8) is 0 Å². The highest BCUT2D eigenvalue weighted by atomic mass is 32.1. The molecule has 0 fully saturated rings. The van der Waals surface area contributed by atoms with Gasteiger partial charge in [0.15, 0.2) is 5.01 Å². The summed E-state index contributed by atoms with van der Waals surface area (Å²) in [4.78, 5) is 11.7. The molecule has 2 atom stereocenters. The number of hydrogen-bond donors (Lipinski definition) is 3. The number of nitrogens with one attached hydrogen (secondary N) is 2. The van der Waals surface area contributed by atoms with E-state index in [0.29, 0.717) is 17.1 Å². The van der Waals surface area contributed by atoms with Crippen LogP contribution in [0.25, 0.3) is 0 Å².